The van der Waals surface area contributed by atoms with Crippen LogP contribution in [-0.2, 0) is 0 Å². The fourth-order valence-electron chi connectivity index (χ4n) is 3.27. The molecule has 5 heteroatoms. The van der Waals surface area contributed by atoms with E-state index in [0.717, 1.165) is 36.4 Å². The molecule has 23 heavy (non-hydrogen) atoms. The van der Waals surface area contributed by atoms with Crippen LogP contribution in [0.1, 0.15) is 34.9 Å². The Labute approximate surface area is 134 Å². The monoisotopic (exact) mass is 306 g/mol. The van der Waals surface area contributed by atoms with Gasteiger partial charge in [-0.05, 0) is 37.1 Å². The first kappa shape index (κ1) is 13.9. The second kappa shape index (κ2) is 5.83. The molecule has 5 nitrogen and oxygen atoms in total. The van der Waals surface area contributed by atoms with Crippen LogP contribution in [0.3, 0.4) is 0 Å². The van der Waals surface area contributed by atoms with E-state index < -0.39 is 0 Å². The molecule has 4 rings (SSSR count). The van der Waals surface area contributed by atoms with Gasteiger partial charge in [0.1, 0.15) is 5.82 Å². The number of nitrogens with zero attached hydrogens (tertiary/aromatic N) is 4. The van der Waals surface area contributed by atoms with Gasteiger partial charge in [-0.25, -0.2) is 0 Å². The van der Waals surface area contributed by atoms with Crippen LogP contribution in [0.15, 0.2) is 54.7 Å². The van der Waals surface area contributed by atoms with Gasteiger partial charge in [-0.3, -0.25) is 9.20 Å². The minimum absolute atomic E-state index is 0.101. The summed E-state index contributed by atoms with van der Waals surface area (Å²) in [5.74, 6) is 1.28. The number of carbonyl (C=O) groups is 1. The lowest BCUT2D eigenvalue weighted by Crippen LogP contribution is -2.39. The number of piperidine rings is 1. The van der Waals surface area contributed by atoms with E-state index in [-0.39, 0.29) is 11.8 Å². The SMILES string of the molecule is O=C(c1ccccc1)N1CCC[C@H](c2nnc3ccccn23)C1. The van der Waals surface area contributed by atoms with Gasteiger partial charge in [-0.15, -0.1) is 10.2 Å². The molecule has 1 fully saturated rings. The second-order valence-corrected chi connectivity index (χ2v) is 5.94. The molecule has 1 aliphatic heterocycles. The fraction of sp³-hybridized carbons (Fsp3) is 0.278. The van der Waals surface area contributed by atoms with Gasteiger partial charge in [0.2, 0.25) is 0 Å². The maximum Gasteiger partial charge on any atom is 0.253 e. The van der Waals surface area contributed by atoms with Crippen LogP contribution in [0.4, 0.5) is 0 Å². The predicted octanol–water partition coefficient (Wildman–Crippen LogP) is 2.75. The molecule has 0 aliphatic carbocycles. The number of amides is 1. The summed E-state index contributed by atoms with van der Waals surface area (Å²) in [6.45, 7) is 1.50. The molecule has 0 spiro atoms. The summed E-state index contributed by atoms with van der Waals surface area (Å²) in [5.41, 5.74) is 1.60. The van der Waals surface area contributed by atoms with Crippen molar-refractivity contribution in [2.45, 2.75) is 18.8 Å². The van der Waals surface area contributed by atoms with E-state index in [1.807, 2.05) is 64.0 Å². The average Bonchev–Trinajstić information content (AvgIpc) is 3.06. The summed E-state index contributed by atoms with van der Waals surface area (Å²) in [5, 5.41) is 8.59. The Balaban J connectivity index is 1.59. The van der Waals surface area contributed by atoms with Crippen LogP contribution in [0.2, 0.25) is 0 Å². The highest BCUT2D eigenvalue weighted by Gasteiger charge is 2.28. The van der Waals surface area contributed by atoms with Crippen LogP contribution in [0.25, 0.3) is 5.65 Å². The fourth-order valence-corrected chi connectivity index (χ4v) is 3.27. The van der Waals surface area contributed by atoms with E-state index in [2.05, 4.69) is 10.2 Å². The number of aromatic nitrogens is 3. The quantitative estimate of drug-likeness (QED) is 0.731. The third-order valence-electron chi connectivity index (χ3n) is 4.43. The molecule has 3 aromatic rings. The van der Waals surface area contributed by atoms with Crippen molar-refractivity contribution in [2.24, 2.45) is 0 Å². The normalized spacial score (nSPS) is 18.3. The minimum atomic E-state index is 0.101. The second-order valence-electron chi connectivity index (χ2n) is 5.94. The van der Waals surface area contributed by atoms with Crippen molar-refractivity contribution in [3.05, 3.63) is 66.1 Å². The lowest BCUT2D eigenvalue weighted by molar-refractivity contribution is 0.0704. The summed E-state index contributed by atoms with van der Waals surface area (Å²) < 4.78 is 2.03. The zero-order valence-corrected chi connectivity index (χ0v) is 12.8. The third kappa shape index (κ3) is 2.59. The number of hydrogen-bond acceptors (Lipinski definition) is 3. The number of likely N-dealkylation sites (tertiary alicyclic amines) is 1. The largest absolute Gasteiger partial charge is 0.338 e. The Morgan fingerprint density at radius 3 is 2.74 bits per heavy atom. The zero-order valence-electron chi connectivity index (χ0n) is 12.8. The Kier molecular flexibility index (Phi) is 3.54. The van der Waals surface area contributed by atoms with E-state index >= 15 is 0 Å². The van der Waals surface area contributed by atoms with Gasteiger partial charge < -0.3 is 4.90 Å². The summed E-state index contributed by atoms with van der Waals surface area (Å²) in [6.07, 6.45) is 4.02. The first-order valence-electron chi connectivity index (χ1n) is 7.97. The van der Waals surface area contributed by atoms with Crippen molar-refractivity contribution in [1.82, 2.24) is 19.5 Å². The van der Waals surface area contributed by atoms with Crippen molar-refractivity contribution < 1.29 is 4.79 Å². The first-order valence-corrected chi connectivity index (χ1v) is 7.97. The minimum Gasteiger partial charge on any atom is -0.338 e. The molecule has 2 aromatic heterocycles. The highest BCUT2D eigenvalue weighted by atomic mass is 16.2. The standard InChI is InChI=1S/C18H18N4O/c23-18(14-7-2-1-3-8-14)21-11-6-9-15(13-21)17-20-19-16-10-4-5-12-22(16)17/h1-5,7-8,10,12,15H,6,9,11,13H2/t15-/m0/s1. The highest BCUT2D eigenvalue weighted by Crippen LogP contribution is 2.26. The molecular formula is C18H18N4O. The van der Waals surface area contributed by atoms with Crippen LogP contribution < -0.4 is 0 Å². The Hall–Kier alpha value is -2.69. The van der Waals surface area contributed by atoms with Gasteiger partial charge in [0.25, 0.3) is 5.91 Å². The van der Waals surface area contributed by atoms with Gasteiger partial charge in [0.05, 0.1) is 0 Å². The van der Waals surface area contributed by atoms with Crippen molar-refractivity contribution in [3.8, 4) is 0 Å². The summed E-state index contributed by atoms with van der Waals surface area (Å²) >= 11 is 0. The van der Waals surface area contributed by atoms with Gasteiger partial charge in [0, 0.05) is 30.8 Å². The zero-order chi connectivity index (χ0) is 15.6. The molecule has 0 radical (unpaired) electrons. The molecule has 1 saturated heterocycles. The van der Waals surface area contributed by atoms with Crippen LogP contribution >= 0.6 is 0 Å². The highest BCUT2D eigenvalue weighted by molar-refractivity contribution is 5.94. The lowest BCUT2D eigenvalue weighted by atomic mass is 9.96. The number of fused-ring (bicyclic) bond motifs is 1. The number of rotatable bonds is 2. The Morgan fingerprint density at radius 2 is 1.87 bits per heavy atom. The molecule has 0 bridgehead atoms. The Bertz CT molecular complexity index is 827. The summed E-state index contributed by atoms with van der Waals surface area (Å²) in [6, 6.07) is 15.4. The topological polar surface area (TPSA) is 50.5 Å². The van der Waals surface area contributed by atoms with Crippen molar-refractivity contribution in [3.63, 3.8) is 0 Å². The summed E-state index contributed by atoms with van der Waals surface area (Å²) in [7, 11) is 0. The number of carbonyl (C=O) groups excluding carboxylic acids is 1. The molecular weight excluding hydrogens is 288 g/mol. The molecule has 3 heterocycles. The molecule has 1 amide bonds. The van der Waals surface area contributed by atoms with Gasteiger partial charge in [0.15, 0.2) is 5.65 Å². The first-order chi connectivity index (χ1) is 11.3. The average molecular weight is 306 g/mol. The van der Waals surface area contributed by atoms with E-state index in [9.17, 15) is 4.79 Å². The maximum absolute atomic E-state index is 12.7. The van der Waals surface area contributed by atoms with Crippen LogP contribution in [-0.4, -0.2) is 38.5 Å². The molecule has 0 saturated carbocycles. The molecule has 1 aromatic carbocycles. The van der Waals surface area contributed by atoms with Crippen LogP contribution in [0.5, 0.6) is 0 Å². The number of benzene rings is 1. The lowest BCUT2D eigenvalue weighted by Gasteiger charge is -2.32. The Morgan fingerprint density at radius 1 is 1.04 bits per heavy atom. The van der Waals surface area contributed by atoms with Crippen molar-refractivity contribution >= 4 is 11.6 Å². The van der Waals surface area contributed by atoms with E-state index in [1.165, 1.54) is 0 Å². The summed E-state index contributed by atoms with van der Waals surface area (Å²) in [4.78, 5) is 14.6. The van der Waals surface area contributed by atoms with Gasteiger partial charge in [-0.1, -0.05) is 24.3 Å². The number of hydrogen-bond donors (Lipinski definition) is 0. The van der Waals surface area contributed by atoms with Gasteiger partial charge in [-0.2, -0.15) is 0 Å². The van der Waals surface area contributed by atoms with E-state index in [0.29, 0.717) is 6.54 Å². The number of pyridine rings is 1. The molecule has 1 atom stereocenters. The van der Waals surface area contributed by atoms with Gasteiger partial charge >= 0.3 is 0 Å². The van der Waals surface area contributed by atoms with E-state index in [4.69, 9.17) is 0 Å². The maximum atomic E-state index is 12.7. The molecule has 0 N–H and O–H groups in total. The smallest absolute Gasteiger partial charge is 0.253 e. The van der Waals surface area contributed by atoms with Crippen molar-refractivity contribution in [1.29, 1.82) is 0 Å². The van der Waals surface area contributed by atoms with Crippen LogP contribution in [0, 0.1) is 0 Å². The third-order valence-corrected chi connectivity index (χ3v) is 4.43. The molecule has 116 valence electrons. The molecule has 1 aliphatic rings. The van der Waals surface area contributed by atoms with E-state index in [1.54, 1.807) is 0 Å². The predicted molar refractivity (Wildman–Crippen MR) is 87.3 cm³/mol. The van der Waals surface area contributed by atoms with Crippen molar-refractivity contribution in [2.75, 3.05) is 13.1 Å². The molecule has 0 unspecified atom stereocenters.